The largest absolute Gasteiger partial charge is 0.454 e. The molecular weight excluding hydrogens is 342 g/mol. The van der Waals surface area contributed by atoms with Crippen molar-refractivity contribution in [1.29, 1.82) is 0 Å². The predicted octanol–water partition coefficient (Wildman–Crippen LogP) is 3.75. The molecule has 0 unspecified atom stereocenters. The quantitative estimate of drug-likeness (QED) is 0.260. The Morgan fingerprint density at radius 3 is 2.74 bits per heavy atom. The van der Waals surface area contributed by atoms with Gasteiger partial charge in [0.1, 0.15) is 0 Å². The van der Waals surface area contributed by atoms with Crippen LogP contribution in [0.15, 0.2) is 42.5 Å². The molecule has 2 rings (SSSR count). The van der Waals surface area contributed by atoms with Crippen LogP contribution in [0, 0.1) is 10.1 Å². The lowest BCUT2D eigenvalue weighted by Gasteiger charge is -1.99. The van der Waals surface area contributed by atoms with Crippen LogP contribution in [0.2, 0.25) is 4.34 Å². The van der Waals surface area contributed by atoms with Crippen LogP contribution in [0.4, 0.5) is 5.69 Å². The number of ketones is 1. The molecule has 1 aromatic carbocycles. The first-order valence-corrected chi connectivity index (χ1v) is 7.53. The molecule has 2 aromatic rings. The number of halogens is 1. The number of esters is 1. The fraction of sp³-hybridized carbons (Fsp3) is 0.0667. The van der Waals surface area contributed by atoms with Crippen molar-refractivity contribution >= 4 is 46.5 Å². The third-order valence-electron chi connectivity index (χ3n) is 2.69. The number of nitrogens with zero attached hydrogens (tertiary/aromatic N) is 1. The van der Waals surface area contributed by atoms with E-state index in [0.29, 0.717) is 14.8 Å². The molecule has 0 bridgehead atoms. The Balaban J connectivity index is 1.90. The van der Waals surface area contributed by atoms with Crippen molar-refractivity contribution in [2.45, 2.75) is 0 Å². The minimum absolute atomic E-state index is 0.0785. The van der Waals surface area contributed by atoms with E-state index in [1.807, 2.05) is 0 Å². The van der Waals surface area contributed by atoms with Gasteiger partial charge in [0.2, 0.25) is 5.78 Å². The molecule has 8 heteroatoms. The summed E-state index contributed by atoms with van der Waals surface area (Å²) in [5.74, 6) is -1.06. The zero-order valence-electron chi connectivity index (χ0n) is 11.6. The molecule has 0 saturated carbocycles. The fourth-order valence-electron chi connectivity index (χ4n) is 1.63. The second-order valence-electron chi connectivity index (χ2n) is 4.32. The Hall–Kier alpha value is -2.51. The highest BCUT2D eigenvalue weighted by Gasteiger charge is 2.11. The number of non-ortho nitro benzene ring substituents is 1. The van der Waals surface area contributed by atoms with Gasteiger partial charge in [-0.05, 0) is 23.8 Å². The summed E-state index contributed by atoms with van der Waals surface area (Å²) >= 11 is 6.82. The number of hydrogen-bond acceptors (Lipinski definition) is 6. The van der Waals surface area contributed by atoms with Gasteiger partial charge in [0, 0.05) is 18.2 Å². The zero-order valence-corrected chi connectivity index (χ0v) is 13.2. The van der Waals surface area contributed by atoms with Gasteiger partial charge in [-0.15, -0.1) is 11.3 Å². The summed E-state index contributed by atoms with van der Waals surface area (Å²) in [6.45, 7) is -0.394. The number of thiophene rings is 1. The number of nitro benzene ring substituents is 1. The predicted molar refractivity (Wildman–Crippen MR) is 86.7 cm³/mol. The van der Waals surface area contributed by atoms with E-state index in [2.05, 4.69) is 0 Å². The molecule has 0 fully saturated rings. The molecule has 0 atom stereocenters. The van der Waals surface area contributed by atoms with Crippen molar-refractivity contribution in [3.05, 3.63) is 67.4 Å². The first-order valence-electron chi connectivity index (χ1n) is 6.33. The van der Waals surface area contributed by atoms with E-state index < -0.39 is 17.5 Å². The van der Waals surface area contributed by atoms with E-state index in [4.69, 9.17) is 16.3 Å². The second kappa shape index (κ2) is 7.66. The van der Waals surface area contributed by atoms with E-state index >= 15 is 0 Å². The molecule has 1 aromatic heterocycles. The van der Waals surface area contributed by atoms with Gasteiger partial charge < -0.3 is 4.74 Å². The monoisotopic (exact) mass is 351 g/mol. The lowest BCUT2D eigenvalue weighted by atomic mass is 10.2. The normalized spacial score (nSPS) is 10.7. The SMILES string of the molecule is O=C(/C=C/c1cccc([N+](=O)[O-])c1)OCC(=O)c1ccc(Cl)s1. The maximum atomic E-state index is 11.7. The summed E-state index contributed by atoms with van der Waals surface area (Å²) in [6.07, 6.45) is 2.48. The van der Waals surface area contributed by atoms with E-state index in [1.54, 1.807) is 18.2 Å². The average Bonchev–Trinajstić information content (AvgIpc) is 2.97. The molecule has 0 radical (unpaired) electrons. The van der Waals surface area contributed by atoms with E-state index in [9.17, 15) is 19.7 Å². The number of hydrogen-bond donors (Lipinski definition) is 0. The number of carbonyl (C=O) groups excluding carboxylic acids is 2. The third-order valence-corrected chi connectivity index (χ3v) is 3.96. The Bertz CT molecular complexity index is 784. The Kier molecular flexibility index (Phi) is 5.61. The first-order chi connectivity index (χ1) is 11.0. The molecule has 0 aliphatic rings. The van der Waals surface area contributed by atoms with E-state index in [-0.39, 0.29) is 11.5 Å². The highest BCUT2D eigenvalue weighted by atomic mass is 35.5. The van der Waals surface area contributed by atoms with Crippen molar-refractivity contribution < 1.29 is 19.2 Å². The van der Waals surface area contributed by atoms with Crippen LogP contribution in [0.3, 0.4) is 0 Å². The summed E-state index contributed by atoms with van der Waals surface area (Å²) in [5.41, 5.74) is 0.401. The van der Waals surface area contributed by atoms with Crippen LogP contribution >= 0.6 is 22.9 Å². The van der Waals surface area contributed by atoms with Crippen LogP contribution < -0.4 is 0 Å². The highest BCUT2D eigenvalue weighted by Crippen LogP contribution is 2.21. The maximum Gasteiger partial charge on any atom is 0.331 e. The van der Waals surface area contributed by atoms with Gasteiger partial charge >= 0.3 is 5.97 Å². The Morgan fingerprint density at radius 1 is 1.30 bits per heavy atom. The lowest BCUT2D eigenvalue weighted by molar-refractivity contribution is -0.384. The third kappa shape index (κ3) is 5.01. The summed E-state index contributed by atoms with van der Waals surface area (Å²) in [6, 6.07) is 8.93. The molecule has 0 aliphatic heterocycles. The summed E-state index contributed by atoms with van der Waals surface area (Å²) in [5, 5.41) is 10.6. The lowest BCUT2D eigenvalue weighted by Crippen LogP contribution is -2.11. The second-order valence-corrected chi connectivity index (χ2v) is 6.04. The van der Waals surface area contributed by atoms with Crippen LogP contribution in [0.25, 0.3) is 6.08 Å². The Morgan fingerprint density at radius 2 is 2.09 bits per heavy atom. The average molecular weight is 352 g/mol. The summed E-state index contributed by atoms with van der Waals surface area (Å²) in [7, 11) is 0. The number of benzene rings is 1. The van der Waals surface area contributed by atoms with Crippen molar-refractivity contribution in [2.24, 2.45) is 0 Å². The van der Waals surface area contributed by atoms with Crippen molar-refractivity contribution in [2.75, 3.05) is 6.61 Å². The summed E-state index contributed by atoms with van der Waals surface area (Å²) in [4.78, 5) is 33.8. The Labute approximate surface area is 140 Å². The van der Waals surface area contributed by atoms with Crippen molar-refractivity contribution in [3.8, 4) is 0 Å². The van der Waals surface area contributed by atoms with E-state index in [0.717, 1.165) is 17.4 Å². The fourth-order valence-corrected chi connectivity index (χ4v) is 2.59. The van der Waals surface area contributed by atoms with Crippen LogP contribution in [0.5, 0.6) is 0 Å². The van der Waals surface area contributed by atoms with Gasteiger partial charge in [-0.1, -0.05) is 23.7 Å². The zero-order chi connectivity index (χ0) is 16.8. The standard InChI is InChI=1S/C15H10ClNO5S/c16-14-6-5-13(23-14)12(18)9-22-15(19)7-4-10-2-1-3-11(8-10)17(20)21/h1-8H,9H2/b7-4+. The summed E-state index contributed by atoms with van der Waals surface area (Å²) < 4.78 is 5.30. The maximum absolute atomic E-state index is 11.7. The minimum Gasteiger partial charge on any atom is -0.454 e. The first kappa shape index (κ1) is 16.9. The van der Waals surface area contributed by atoms with Gasteiger partial charge in [-0.2, -0.15) is 0 Å². The minimum atomic E-state index is -0.715. The molecule has 0 saturated heterocycles. The number of Topliss-reactive ketones (excluding diaryl/α,β-unsaturated/α-hetero) is 1. The van der Waals surface area contributed by atoms with Crippen molar-refractivity contribution in [1.82, 2.24) is 0 Å². The molecule has 118 valence electrons. The highest BCUT2D eigenvalue weighted by molar-refractivity contribution is 7.18. The van der Waals surface area contributed by atoms with Gasteiger partial charge in [0.25, 0.3) is 5.69 Å². The van der Waals surface area contributed by atoms with E-state index in [1.165, 1.54) is 24.3 Å². The number of rotatable bonds is 6. The molecule has 0 aliphatic carbocycles. The number of nitro groups is 1. The molecule has 6 nitrogen and oxygen atoms in total. The number of carbonyl (C=O) groups is 2. The molecule has 0 spiro atoms. The molecule has 0 amide bonds. The topological polar surface area (TPSA) is 86.5 Å². The van der Waals surface area contributed by atoms with Crippen LogP contribution in [-0.2, 0) is 9.53 Å². The van der Waals surface area contributed by atoms with Gasteiger partial charge in [0.05, 0.1) is 14.1 Å². The van der Waals surface area contributed by atoms with Gasteiger partial charge in [0.15, 0.2) is 6.61 Å². The smallest absolute Gasteiger partial charge is 0.331 e. The molecule has 1 heterocycles. The molecule has 23 heavy (non-hydrogen) atoms. The molecular formula is C15H10ClNO5S. The molecule has 0 N–H and O–H groups in total. The van der Waals surface area contributed by atoms with Crippen LogP contribution in [0.1, 0.15) is 15.2 Å². The van der Waals surface area contributed by atoms with Crippen molar-refractivity contribution in [3.63, 3.8) is 0 Å². The van der Waals surface area contributed by atoms with Gasteiger partial charge in [-0.3, -0.25) is 14.9 Å². The van der Waals surface area contributed by atoms with Crippen LogP contribution in [-0.4, -0.2) is 23.3 Å². The number of ether oxygens (including phenoxy) is 1. The van der Waals surface area contributed by atoms with Gasteiger partial charge in [-0.25, -0.2) is 4.79 Å².